The fourth-order valence-electron chi connectivity index (χ4n) is 3.08. The molecular weight excluding hydrogens is 262 g/mol. The van der Waals surface area contributed by atoms with Crippen molar-refractivity contribution in [1.29, 1.82) is 0 Å². The molecule has 0 unspecified atom stereocenters. The van der Waals surface area contributed by atoms with Crippen LogP contribution in [0.1, 0.15) is 5.82 Å². The lowest BCUT2D eigenvalue weighted by molar-refractivity contribution is 0.0328. The summed E-state index contributed by atoms with van der Waals surface area (Å²) in [4.78, 5) is 7.32. The molecule has 4 nitrogen and oxygen atoms in total. The van der Waals surface area contributed by atoms with Gasteiger partial charge in [0.05, 0.1) is 30.8 Å². The van der Waals surface area contributed by atoms with Crippen LogP contribution in [0.15, 0.2) is 36.4 Å². The first-order valence-corrected chi connectivity index (χ1v) is 7.46. The normalized spacial score (nSPS) is 16.8. The molecule has 0 bridgehead atoms. The topological polar surface area (TPSA) is 30.3 Å². The first kappa shape index (κ1) is 12.8. The van der Waals surface area contributed by atoms with Gasteiger partial charge in [0.2, 0.25) is 0 Å². The van der Waals surface area contributed by atoms with Gasteiger partial charge in [-0.2, -0.15) is 0 Å². The van der Waals surface area contributed by atoms with Crippen molar-refractivity contribution in [2.75, 3.05) is 26.3 Å². The standard InChI is InChI=1S/C17H19N3O/c1-19-15-7-6-13-4-2-3-5-14(13)17(15)18-16(19)12-20-8-10-21-11-9-20/h2-7H,8-12H2,1H3. The molecule has 0 radical (unpaired) electrons. The summed E-state index contributed by atoms with van der Waals surface area (Å²) in [6, 6.07) is 12.8. The van der Waals surface area contributed by atoms with Gasteiger partial charge in [-0.25, -0.2) is 4.98 Å². The zero-order valence-corrected chi connectivity index (χ0v) is 12.2. The van der Waals surface area contributed by atoms with E-state index < -0.39 is 0 Å². The fourth-order valence-corrected chi connectivity index (χ4v) is 3.08. The Hall–Kier alpha value is -1.91. The number of benzene rings is 2. The van der Waals surface area contributed by atoms with Crippen LogP contribution in [-0.2, 0) is 18.3 Å². The maximum absolute atomic E-state index is 5.42. The SMILES string of the molecule is Cn1c(CN2CCOCC2)nc2c3ccccc3ccc21. The maximum Gasteiger partial charge on any atom is 0.123 e. The average Bonchev–Trinajstić information content (AvgIpc) is 2.85. The number of hydrogen-bond acceptors (Lipinski definition) is 3. The first-order valence-electron chi connectivity index (χ1n) is 7.46. The van der Waals surface area contributed by atoms with Gasteiger partial charge in [-0.05, 0) is 11.5 Å². The van der Waals surface area contributed by atoms with Crippen LogP contribution in [0.2, 0.25) is 0 Å². The van der Waals surface area contributed by atoms with E-state index in [1.807, 2.05) is 0 Å². The van der Waals surface area contributed by atoms with Crippen LogP contribution in [-0.4, -0.2) is 40.8 Å². The number of imidazole rings is 1. The molecule has 108 valence electrons. The molecular formula is C17H19N3O. The van der Waals surface area contributed by atoms with E-state index >= 15 is 0 Å². The minimum atomic E-state index is 0.826. The first-order chi connectivity index (χ1) is 10.3. The Balaban J connectivity index is 1.79. The predicted molar refractivity (Wildman–Crippen MR) is 84.3 cm³/mol. The molecule has 0 spiro atoms. The average molecular weight is 281 g/mol. The van der Waals surface area contributed by atoms with E-state index in [2.05, 4.69) is 52.9 Å². The zero-order valence-electron chi connectivity index (χ0n) is 12.2. The van der Waals surface area contributed by atoms with E-state index in [4.69, 9.17) is 9.72 Å². The Morgan fingerprint density at radius 1 is 1.10 bits per heavy atom. The van der Waals surface area contributed by atoms with Gasteiger partial charge in [0.1, 0.15) is 5.82 Å². The second-order valence-corrected chi connectivity index (χ2v) is 5.63. The number of rotatable bonds is 2. The fraction of sp³-hybridized carbons (Fsp3) is 0.353. The Kier molecular flexibility index (Phi) is 3.13. The minimum Gasteiger partial charge on any atom is -0.379 e. The van der Waals surface area contributed by atoms with E-state index in [1.165, 1.54) is 16.3 Å². The second-order valence-electron chi connectivity index (χ2n) is 5.63. The molecule has 1 aliphatic heterocycles. The van der Waals surface area contributed by atoms with Gasteiger partial charge in [-0.1, -0.05) is 30.3 Å². The van der Waals surface area contributed by atoms with Gasteiger partial charge in [-0.15, -0.1) is 0 Å². The molecule has 0 atom stereocenters. The summed E-state index contributed by atoms with van der Waals surface area (Å²) in [5, 5.41) is 2.49. The minimum absolute atomic E-state index is 0.826. The third kappa shape index (κ3) is 2.20. The van der Waals surface area contributed by atoms with Crippen molar-refractivity contribution >= 4 is 21.8 Å². The quantitative estimate of drug-likeness (QED) is 0.723. The third-order valence-corrected chi connectivity index (χ3v) is 4.34. The van der Waals surface area contributed by atoms with Gasteiger partial charge in [0.25, 0.3) is 0 Å². The van der Waals surface area contributed by atoms with E-state index in [1.54, 1.807) is 0 Å². The molecule has 1 aromatic heterocycles. The van der Waals surface area contributed by atoms with Crippen LogP contribution in [0, 0.1) is 0 Å². The van der Waals surface area contributed by atoms with Gasteiger partial charge in [0.15, 0.2) is 0 Å². The zero-order chi connectivity index (χ0) is 14.2. The highest BCUT2D eigenvalue weighted by Crippen LogP contribution is 2.25. The van der Waals surface area contributed by atoms with Crippen molar-refractivity contribution in [2.45, 2.75) is 6.54 Å². The molecule has 1 aliphatic rings. The summed E-state index contributed by atoms with van der Waals surface area (Å²) in [7, 11) is 2.11. The molecule has 1 fully saturated rings. The van der Waals surface area contributed by atoms with Gasteiger partial charge >= 0.3 is 0 Å². The van der Waals surface area contributed by atoms with Gasteiger partial charge < -0.3 is 9.30 Å². The Morgan fingerprint density at radius 3 is 2.76 bits per heavy atom. The number of morpholine rings is 1. The van der Waals surface area contributed by atoms with Crippen molar-refractivity contribution in [2.24, 2.45) is 7.05 Å². The third-order valence-electron chi connectivity index (χ3n) is 4.34. The monoisotopic (exact) mass is 281 g/mol. The number of hydrogen-bond donors (Lipinski definition) is 0. The van der Waals surface area contributed by atoms with Crippen LogP contribution in [0.3, 0.4) is 0 Å². The Labute approximate surface area is 123 Å². The number of nitrogens with zero attached hydrogens (tertiary/aromatic N) is 3. The Morgan fingerprint density at radius 2 is 1.90 bits per heavy atom. The molecule has 0 N–H and O–H groups in total. The van der Waals surface area contributed by atoms with Crippen LogP contribution in [0.25, 0.3) is 21.8 Å². The van der Waals surface area contributed by atoms with E-state index in [-0.39, 0.29) is 0 Å². The highest BCUT2D eigenvalue weighted by Gasteiger charge is 2.16. The summed E-state index contributed by atoms with van der Waals surface area (Å²) in [6.07, 6.45) is 0. The highest BCUT2D eigenvalue weighted by molar-refractivity contribution is 6.04. The molecule has 0 aliphatic carbocycles. The molecule has 2 aromatic carbocycles. The largest absolute Gasteiger partial charge is 0.379 e. The number of aromatic nitrogens is 2. The summed E-state index contributed by atoms with van der Waals surface area (Å²) in [5.74, 6) is 1.13. The van der Waals surface area contributed by atoms with Crippen molar-refractivity contribution in [1.82, 2.24) is 14.5 Å². The van der Waals surface area contributed by atoms with Crippen LogP contribution < -0.4 is 0 Å². The number of aryl methyl sites for hydroxylation is 1. The van der Waals surface area contributed by atoms with E-state index in [0.29, 0.717) is 0 Å². The lowest BCUT2D eigenvalue weighted by atomic mass is 10.1. The molecule has 0 amide bonds. The summed E-state index contributed by atoms with van der Waals surface area (Å²) < 4.78 is 7.63. The van der Waals surface area contributed by atoms with E-state index in [9.17, 15) is 0 Å². The lowest BCUT2D eigenvalue weighted by Gasteiger charge is -2.26. The summed E-state index contributed by atoms with van der Waals surface area (Å²) >= 11 is 0. The molecule has 2 heterocycles. The van der Waals surface area contributed by atoms with Crippen LogP contribution >= 0.6 is 0 Å². The van der Waals surface area contributed by atoms with Crippen molar-refractivity contribution < 1.29 is 4.74 Å². The number of ether oxygens (including phenoxy) is 1. The van der Waals surface area contributed by atoms with E-state index in [0.717, 1.165) is 44.2 Å². The maximum atomic E-state index is 5.42. The van der Waals surface area contributed by atoms with Crippen molar-refractivity contribution in [3.8, 4) is 0 Å². The van der Waals surface area contributed by atoms with Gasteiger partial charge in [-0.3, -0.25) is 4.90 Å². The number of fused-ring (bicyclic) bond motifs is 3. The van der Waals surface area contributed by atoms with Crippen LogP contribution in [0.5, 0.6) is 0 Å². The molecule has 0 saturated carbocycles. The molecule has 3 aromatic rings. The molecule has 21 heavy (non-hydrogen) atoms. The van der Waals surface area contributed by atoms with Crippen molar-refractivity contribution in [3.63, 3.8) is 0 Å². The smallest absolute Gasteiger partial charge is 0.123 e. The summed E-state index contributed by atoms with van der Waals surface area (Å²) in [5.41, 5.74) is 2.32. The lowest BCUT2D eigenvalue weighted by Crippen LogP contribution is -2.36. The molecule has 1 saturated heterocycles. The Bertz CT molecular complexity index is 787. The molecule has 4 rings (SSSR count). The van der Waals surface area contributed by atoms with Gasteiger partial charge in [0, 0.05) is 25.5 Å². The molecule has 4 heteroatoms. The predicted octanol–water partition coefficient (Wildman–Crippen LogP) is 2.56. The van der Waals surface area contributed by atoms with Crippen LogP contribution in [0.4, 0.5) is 0 Å². The highest BCUT2D eigenvalue weighted by atomic mass is 16.5. The second kappa shape index (κ2) is 5.13. The van der Waals surface area contributed by atoms with Crippen molar-refractivity contribution in [3.05, 3.63) is 42.2 Å². The summed E-state index contributed by atoms with van der Waals surface area (Å²) in [6.45, 7) is 4.52.